The van der Waals surface area contributed by atoms with E-state index in [-0.39, 0.29) is 5.91 Å². The van der Waals surface area contributed by atoms with Crippen molar-refractivity contribution in [2.24, 2.45) is 0 Å². The van der Waals surface area contributed by atoms with Gasteiger partial charge in [0, 0.05) is 36.6 Å². The summed E-state index contributed by atoms with van der Waals surface area (Å²) in [6.07, 6.45) is 2.56. The minimum Gasteiger partial charge on any atom is -0.301 e. The van der Waals surface area contributed by atoms with Crippen LogP contribution < -0.4 is 5.32 Å². The van der Waals surface area contributed by atoms with E-state index in [2.05, 4.69) is 52.1 Å². The Balaban J connectivity index is 1.35. The molecule has 2 aliphatic heterocycles. The molecule has 0 aliphatic carbocycles. The van der Waals surface area contributed by atoms with E-state index in [1.807, 2.05) is 5.38 Å². The van der Waals surface area contributed by atoms with Crippen molar-refractivity contribution in [3.05, 3.63) is 34.7 Å². The molecule has 6 heteroatoms. The van der Waals surface area contributed by atoms with E-state index < -0.39 is 0 Å². The van der Waals surface area contributed by atoms with Gasteiger partial charge in [0.05, 0.1) is 12.2 Å². The number of aromatic nitrogens is 1. The Bertz CT molecular complexity index is 803. The second-order valence-electron chi connectivity index (χ2n) is 7.45. The largest absolute Gasteiger partial charge is 0.301 e. The van der Waals surface area contributed by atoms with Crippen LogP contribution in [-0.4, -0.2) is 59.5 Å². The van der Waals surface area contributed by atoms with Gasteiger partial charge in [-0.2, -0.15) is 0 Å². The Kier molecular flexibility index (Phi) is 5.07. The Morgan fingerprint density at radius 2 is 2.15 bits per heavy atom. The van der Waals surface area contributed by atoms with Crippen molar-refractivity contribution in [3.63, 3.8) is 0 Å². The molecule has 4 rings (SSSR count). The van der Waals surface area contributed by atoms with Gasteiger partial charge in [-0.25, -0.2) is 4.98 Å². The molecule has 0 radical (unpaired) electrons. The highest BCUT2D eigenvalue weighted by atomic mass is 32.1. The highest BCUT2D eigenvalue weighted by Gasteiger charge is 2.31. The predicted molar refractivity (Wildman–Crippen MR) is 107 cm³/mol. The van der Waals surface area contributed by atoms with Crippen LogP contribution in [0, 0.1) is 13.8 Å². The smallest absolute Gasteiger partial charge is 0.240 e. The third kappa shape index (κ3) is 3.82. The molecule has 2 aliphatic rings. The van der Waals surface area contributed by atoms with E-state index in [1.54, 1.807) is 0 Å². The van der Waals surface area contributed by atoms with E-state index in [1.165, 1.54) is 41.9 Å². The summed E-state index contributed by atoms with van der Waals surface area (Å²) in [5, 5.41) is 5.67. The number of hydrogen-bond donors (Lipinski definition) is 1. The van der Waals surface area contributed by atoms with Crippen LogP contribution in [0.15, 0.2) is 23.6 Å². The van der Waals surface area contributed by atoms with E-state index >= 15 is 0 Å². The first-order chi connectivity index (χ1) is 12.6. The number of benzene rings is 1. The van der Waals surface area contributed by atoms with Crippen LogP contribution in [0.5, 0.6) is 0 Å². The van der Waals surface area contributed by atoms with E-state index in [9.17, 15) is 4.79 Å². The molecule has 2 aromatic rings. The van der Waals surface area contributed by atoms with E-state index in [4.69, 9.17) is 0 Å². The van der Waals surface area contributed by atoms with Crippen molar-refractivity contribution in [1.29, 1.82) is 0 Å². The Morgan fingerprint density at radius 1 is 1.27 bits per heavy atom. The molecular formula is C20H26N4OS. The molecule has 26 heavy (non-hydrogen) atoms. The summed E-state index contributed by atoms with van der Waals surface area (Å²) in [5.74, 6) is 0.0393. The lowest BCUT2D eigenvalue weighted by Gasteiger charge is -2.36. The number of carbonyl (C=O) groups excluding carboxylic acids is 1. The first-order valence-corrected chi connectivity index (χ1v) is 10.3. The molecule has 2 saturated heterocycles. The highest BCUT2D eigenvalue weighted by molar-refractivity contribution is 7.14. The van der Waals surface area contributed by atoms with Crippen LogP contribution >= 0.6 is 11.3 Å². The summed E-state index contributed by atoms with van der Waals surface area (Å²) in [6.45, 7) is 8.99. The predicted octanol–water partition coefficient (Wildman–Crippen LogP) is 3.15. The van der Waals surface area contributed by atoms with E-state index in [0.29, 0.717) is 17.7 Å². The standard InChI is InChI=1S/C20H26N4OS/c1-14-5-6-16(10-15(14)2)18-13-26-20(21-18)22-19(25)12-23-8-9-24-7-3-4-17(24)11-23/h5-6,10,13,17H,3-4,7-9,11-12H2,1-2H3,(H,21,22,25). The molecule has 1 unspecified atom stereocenters. The number of nitrogens with one attached hydrogen (secondary N) is 1. The molecule has 1 atom stereocenters. The maximum atomic E-state index is 12.4. The zero-order chi connectivity index (χ0) is 18.1. The average molecular weight is 371 g/mol. The number of piperazine rings is 1. The maximum absolute atomic E-state index is 12.4. The van der Waals surface area contributed by atoms with Crippen LogP contribution in [0.1, 0.15) is 24.0 Å². The van der Waals surface area contributed by atoms with Gasteiger partial charge in [-0.15, -0.1) is 11.3 Å². The molecule has 1 amide bonds. The molecule has 2 fully saturated rings. The summed E-state index contributed by atoms with van der Waals surface area (Å²) in [4.78, 5) is 21.9. The molecule has 5 nitrogen and oxygen atoms in total. The lowest BCUT2D eigenvalue weighted by Crippen LogP contribution is -2.51. The van der Waals surface area contributed by atoms with Crippen LogP contribution in [0.3, 0.4) is 0 Å². The number of hydrogen-bond acceptors (Lipinski definition) is 5. The van der Waals surface area contributed by atoms with Crippen LogP contribution in [-0.2, 0) is 4.79 Å². The average Bonchev–Trinajstić information content (AvgIpc) is 3.26. The zero-order valence-electron chi connectivity index (χ0n) is 15.5. The molecule has 3 heterocycles. The van der Waals surface area contributed by atoms with Crippen molar-refractivity contribution >= 4 is 22.4 Å². The number of amides is 1. The number of carbonyl (C=O) groups is 1. The second-order valence-corrected chi connectivity index (χ2v) is 8.31. The lowest BCUT2D eigenvalue weighted by molar-refractivity contribution is -0.117. The van der Waals surface area contributed by atoms with Crippen molar-refractivity contribution < 1.29 is 4.79 Å². The third-order valence-electron chi connectivity index (χ3n) is 5.59. The van der Waals surface area contributed by atoms with Gasteiger partial charge in [-0.1, -0.05) is 12.1 Å². The van der Waals surface area contributed by atoms with Crippen LogP contribution in [0.4, 0.5) is 5.13 Å². The van der Waals surface area contributed by atoms with Gasteiger partial charge in [0.25, 0.3) is 0 Å². The molecule has 138 valence electrons. The summed E-state index contributed by atoms with van der Waals surface area (Å²) >= 11 is 1.49. The number of rotatable bonds is 4. The van der Waals surface area contributed by atoms with Gasteiger partial charge in [-0.3, -0.25) is 14.6 Å². The molecule has 0 bridgehead atoms. The first kappa shape index (κ1) is 17.6. The minimum atomic E-state index is 0.0393. The fraction of sp³-hybridized carbons (Fsp3) is 0.500. The zero-order valence-corrected chi connectivity index (χ0v) is 16.3. The van der Waals surface area contributed by atoms with Gasteiger partial charge < -0.3 is 5.32 Å². The molecule has 1 aromatic heterocycles. The van der Waals surface area contributed by atoms with E-state index in [0.717, 1.165) is 30.9 Å². The Labute approximate surface area is 159 Å². The highest BCUT2D eigenvalue weighted by Crippen LogP contribution is 2.26. The molecule has 0 saturated carbocycles. The number of thiazole rings is 1. The monoisotopic (exact) mass is 370 g/mol. The number of anilines is 1. The number of fused-ring (bicyclic) bond motifs is 1. The van der Waals surface area contributed by atoms with Gasteiger partial charge in [0.1, 0.15) is 0 Å². The van der Waals surface area contributed by atoms with Crippen molar-refractivity contribution in [3.8, 4) is 11.3 Å². The lowest BCUT2D eigenvalue weighted by atomic mass is 10.1. The van der Waals surface area contributed by atoms with Crippen molar-refractivity contribution in [2.45, 2.75) is 32.7 Å². The van der Waals surface area contributed by atoms with Gasteiger partial charge in [-0.05, 0) is 50.4 Å². The maximum Gasteiger partial charge on any atom is 0.240 e. The van der Waals surface area contributed by atoms with Crippen molar-refractivity contribution in [1.82, 2.24) is 14.8 Å². The van der Waals surface area contributed by atoms with Gasteiger partial charge >= 0.3 is 0 Å². The van der Waals surface area contributed by atoms with Gasteiger partial charge in [0.15, 0.2) is 5.13 Å². The Morgan fingerprint density at radius 3 is 3.00 bits per heavy atom. The summed E-state index contributed by atoms with van der Waals surface area (Å²) < 4.78 is 0. The minimum absolute atomic E-state index is 0.0393. The number of aryl methyl sites for hydroxylation is 2. The third-order valence-corrected chi connectivity index (χ3v) is 6.35. The normalized spacial score (nSPS) is 20.9. The van der Waals surface area contributed by atoms with Gasteiger partial charge in [0.2, 0.25) is 5.91 Å². The second kappa shape index (κ2) is 7.47. The van der Waals surface area contributed by atoms with Crippen molar-refractivity contribution in [2.75, 3.05) is 38.0 Å². The summed E-state index contributed by atoms with van der Waals surface area (Å²) in [5.41, 5.74) is 4.56. The fourth-order valence-corrected chi connectivity index (χ4v) is 4.66. The van der Waals surface area contributed by atoms with Crippen LogP contribution in [0.2, 0.25) is 0 Å². The van der Waals surface area contributed by atoms with Crippen LogP contribution in [0.25, 0.3) is 11.3 Å². The molecular weight excluding hydrogens is 344 g/mol. The first-order valence-electron chi connectivity index (χ1n) is 9.38. The number of nitrogens with zero attached hydrogens (tertiary/aromatic N) is 3. The Hall–Kier alpha value is -1.76. The topological polar surface area (TPSA) is 48.5 Å². The molecule has 0 spiro atoms. The SMILES string of the molecule is Cc1ccc(-c2csc(NC(=O)CN3CCN4CCCC4C3)n2)cc1C. The molecule has 1 aromatic carbocycles. The summed E-state index contributed by atoms with van der Waals surface area (Å²) in [6, 6.07) is 7.00. The summed E-state index contributed by atoms with van der Waals surface area (Å²) in [7, 11) is 0. The quantitative estimate of drug-likeness (QED) is 0.898. The fourth-order valence-electron chi connectivity index (χ4n) is 3.93. The molecule has 1 N–H and O–H groups in total.